The van der Waals surface area contributed by atoms with Gasteiger partial charge >= 0.3 is 0 Å². The molecule has 0 aromatic heterocycles. The lowest BCUT2D eigenvalue weighted by Crippen LogP contribution is -2.13. The van der Waals surface area contributed by atoms with Crippen LogP contribution in [0.25, 0.3) is 0 Å². The summed E-state index contributed by atoms with van der Waals surface area (Å²) < 4.78 is 0. The van der Waals surface area contributed by atoms with Gasteiger partial charge in [-0.25, -0.2) is 0 Å². The molecule has 20 heavy (non-hydrogen) atoms. The predicted octanol–water partition coefficient (Wildman–Crippen LogP) is 3.81. The molecule has 0 radical (unpaired) electrons. The van der Waals surface area contributed by atoms with Crippen molar-refractivity contribution in [2.24, 2.45) is 0 Å². The molecule has 0 aliphatic rings. The summed E-state index contributed by atoms with van der Waals surface area (Å²) in [6.07, 6.45) is 0. The van der Waals surface area contributed by atoms with E-state index in [1.54, 1.807) is 12.1 Å². The molecule has 3 heteroatoms. The average molecular weight is 266 g/mol. The Morgan fingerprint density at radius 3 is 2.35 bits per heavy atom. The Kier molecular flexibility index (Phi) is 3.95. The number of phenolic OH excluding ortho intramolecular Hbond substituents is 1. The van der Waals surface area contributed by atoms with Crippen LogP contribution >= 0.6 is 0 Å². The van der Waals surface area contributed by atoms with Crippen LogP contribution in [0.15, 0.2) is 48.5 Å². The highest BCUT2D eigenvalue weighted by molar-refractivity contribution is 5.48. The molecule has 0 spiro atoms. The van der Waals surface area contributed by atoms with Crippen LogP contribution in [-0.2, 0) is 12.0 Å². The third-order valence-electron chi connectivity index (χ3n) is 3.36. The number of nitriles is 1. The minimum atomic E-state index is -0.476. The quantitative estimate of drug-likeness (QED) is 0.884. The monoisotopic (exact) mass is 266 g/mol. The van der Waals surface area contributed by atoms with Gasteiger partial charge in [0.15, 0.2) is 0 Å². The van der Waals surface area contributed by atoms with Crippen LogP contribution in [-0.4, -0.2) is 5.11 Å². The number of benzene rings is 2. The number of rotatable bonds is 4. The van der Waals surface area contributed by atoms with Crippen molar-refractivity contribution >= 4 is 5.69 Å². The maximum absolute atomic E-state index is 9.70. The molecule has 2 aromatic carbocycles. The van der Waals surface area contributed by atoms with E-state index in [4.69, 9.17) is 5.26 Å². The molecule has 102 valence electrons. The van der Waals surface area contributed by atoms with Gasteiger partial charge in [0.25, 0.3) is 0 Å². The first-order chi connectivity index (χ1) is 9.53. The second-order valence-electron chi connectivity index (χ2n) is 5.30. The topological polar surface area (TPSA) is 56.0 Å². The molecular formula is C17H18N2O. The SMILES string of the molecule is CC(C)(C#N)c1ccc(NCc2ccccc2O)cc1. The second-order valence-corrected chi connectivity index (χ2v) is 5.30. The lowest BCUT2D eigenvalue weighted by molar-refractivity contribution is 0.469. The highest BCUT2D eigenvalue weighted by Crippen LogP contribution is 2.24. The van der Waals surface area contributed by atoms with Gasteiger partial charge in [0.05, 0.1) is 11.5 Å². The zero-order valence-corrected chi connectivity index (χ0v) is 11.7. The van der Waals surface area contributed by atoms with Gasteiger partial charge in [-0.2, -0.15) is 5.26 Å². The van der Waals surface area contributed by atoms with Gasteiger partial charge in [0.1, 0.15) is 5.75 Å². The van der Waals surface area contributed by atoms with Crippen LogP contribution in [0.2, 0.25) is 0 Å². The summed E-state index contributed by atoms with van der Waals surface area (Å²) in [5.41, 5.74) is 2.34. The molecule has 0 fully saturated rings. The third-order valence-corrected chi connectivity index (χ3v) is 3.36. The number of phenols is 1. The van der Waals surface area contributed by atoms with Crippen molar-refractivity contribution in [3.05, 3.63) is 59.7 Å². The number of nitrogens with one attached hydrogen (secondary N) is 1. The van der Waals surface area contributed by atoms with Gasteiger partial charge in [-0.15, -0.1) is 0 Å². The second kappa shape index (κ2) is 5.66. The van der Waals surface area contributed by atoms with E-state index in [0.29, 0.717) is 12.3 Å². The van der Waals surface area contributed by atoms with Crippen LogP contribution in [0.1, 0.15) is 25.0 Å². The fourth-order valence-corrected chi connectivity index (χ4v) is 1.93. The van der Waals surface area contributed by atoms with Crippen molar-refractivity contribution in [2.45, 2.75) is 25.8 Å². The molecule has 0 aliphatic carbocycles. The molecular weight excluding hydrogens is 248 g/mol. The summed E-state index contributed by atoms with van der Waals surface area (Å²) >= 11 is 0. The molecule has 0 saturated carbocycles. The maximum Gasteiger partial charge on any atom is 0.120 e. The van der Waals surface area contributed by atoms with Crippen molar-refractivity contribution in [1.29, 1.82) is 5.26 Å². The Bertz CT molecular complexity index is 624. The van der Waals surface area contributed by atoms with E-state index in [9.17, 15) is 5.11 Å². The maximum atomic E-state index is 9.70. The van der Waals surface area contributed by atoms with E-state index in [0.717, 1.165) is 16.8 Å². The molecule has 0 aliphatic heterocycles. The Balaban J connectivity index is 2.06. The number of para-hydroxylation sites is 1. The molecule has 2 aromatic rings. The van der Waals surface area contributed by atoms with Gasteiger partial charge in [-0.3, -0.25) is 0 Å². The number of anilines is 1. The Morgan fingerprint density at radius 2 is 1.75 bits per heavy atom. The van der Waals surface area contributed by atoms with Crippen molar-refractivity contribution in [2.75, 3.05) is 5.32 Å². The molecule has 0 heterocycles. The van der Waals surface area contributed by atoms with Gasteiger partial charge in [-0.1, -0.05) is 30.3 Å². The zero-order valence-electron chi connectivity index (χ0n) is 11.7. The summed E-state index contributed by atoms with van der Waals surface area (Å²) in [4.78, 5) is 0. The molecule has 0 amide bonds. The minimum Gasteiger partial charge on any atom is -0.508 e. The van der Waals surface area contributed by atoms with E-state index in [1.807, 2.05) is 50.2 Å². The number of hydrogen-bond donors (Lipinski definition) is 2. The van der Waals surface area contributed by atoms with Gasteiger partial charge in [0, 0.05) is 17.8 Å². The number of aromatic hydroxyl groups is 1. The lowest BCUT2D eigenvalue weighted by atomic mass is 9.86. The van der Waals surface area contributed by atoms with E-state index < -0.39 is 5.41 Å². The zero-order chi connectivity index (χ0) is 14.6. The third kappa shape index (κ3) is 3.10. The molecule has 2 N–H and O–H groups in total. The van der Waals surface area contributed by atoms with E-state index in [2.05, 4.69) is 11.4 Å². The van der Waals surface area contributed by atoms with Gasteiger partial charge in [-0.05, 0) is 37.6 Å². The average Bonchev–Trinajstić information content (AvgIpc) is 2.47. The van der Waals surface area contributed by atoms with Crippen LogP contribution in [0, 0.1) is 11.3 Å². The highest BCUT2D eigenvalue weighted by Gasteiger charge is 2.18. The standard InChI is InChI=1S/C17H18N2O/c1-17(2,12-18)14-7-9-15(10-8-14)19-11-13-5-3-4-6-16(13)20/h3-10,19-20H,11H2,1-2H3. The predicted molar refractivity (Wildman–Crippen MR) is 80.5 cm³/mol. The molecule has 3 nitrogen and oxygen atoms in total. The fourth-order valence-electron chi connectivity index (χ4n) is 1.93. The van der Waals surface area contributed by atoms with Crippen molar-refractivity contribution in [3.8, 4) is 11.8 Å². The van der Waals surface area contributed by atoms with E-state index >= 15 is 0 Å². The van der Waals surface area contributed by atoms with E-state index in [-0.39, 0.29) is 0 Å². The Morgan fingerprint density at radius 1 is 1.10 bits per heavy atom. The lowest BCUT2D eigenvalue weighted by Gasteiger charge is -2.16. The molecule has 2 rings (SSSR count). The van der Waals surface area contributed by atoms with Gasteiger partial charge < -0.3 is 10.4 Å². The van der Waals surface area contributed by atoms with Crippen molar-refractivity contribution < 1.29 is 5.11 Å². The van der Waals surface area contributed by atoms with Crippen LogP contribution in [0.3, 0.4) is 0 Å². The summed E-state index contributed by atoms with van der Waals surface area (Å²) in [5, 5.41) is 22.1. The van der Waals surface area contributed by atoms with Crippen molar-refractivity contribution in [1.82, 2.24) is 0 Å². The first-order valence-electron chi connectivity index (χ1n) is 6.55. The molecule has 0 saturated heterocycles. The highest BCUT2D eigenvalue weighted by atomic mass is 16.3. The molecule has 0 atom stereocenters. The largest absolute Gasteiger partial charge is 0.508 e. The number of hydrogen-bond acceptors (Lipinski definition) is 3. The van der Waals surface area contributed by atoms with Crippen LogP contribution in [0.4, 0.5) is 5.69 Å². The smallest absolute Gasteiger partial charge is 0.120 e. The van der Waals surface area contributed by atoms with Crippen molar-refractivity contribution in [3.63, 3.8) is 0 Å². The summed E-state index contributed by atoms with van der Waals surface area (Å²) in [6, 6.07) is 17.4. The Hall–Kier alpha value is -2.47. The fraction of sp³-hybridized carbons (Fsp3) is 0.235. The summed E-state index contributed by atoms with van der Waals surface area (Å²) in [6.45, 7) is 4.36. The summed E-state index contributed by atoms with van der Waals surface area (Å²) in [7, 11) is 0. The van der Waals surface area contributed by atoms with Crippen LogP contribution < -0.4 is 5.32 Å². The first kappa shape index (κ1) is 14.0. The first-order valence-corrected chi connectivity index (χ1v) is 6.55. The van der Waals surface area contributed by atoms with Gasteiger partial charge in [0.2, 0.25) is 0 Å². The minimum absolute atomic E-state index is 0.294. The Labute approximate surface area is 119 Å². The number of nitrogens with zero attached hydrogens (tertiary/aromatic N) is 1. The van der Waals surface area contributed by atoms with E-state index in [1.165, 1.54) is 0 Å². The molecule has 0 bridgehead atoms. The van der Waals surface area contributed by atoms with Crippen LogP contribution in [0.5, 0.6) is 5.75 Å². The molecule has 0 unspecified atom stereocenters. The summed E-state index contributed by atoms with van der Waals surface area (Å²) in [5.74, 6) is 0.294. The normalized spacial score (nSPS) is 10.8.